The van der Waals surface area contributed by atoms with Crippen molar-refractivity contribution in [2.45, 2.75) is 0 Å². The van der Waals surface area contributed by atoms with Gasteiger partial charge >= 0.3 is 0 Å². The van der Waals surface area contributed by atoms with Crippen LogP contribution in [0.4, 0.5) is 5.69 Å². The quantitative estimate of drug-likeness (QED) is 0.789. The molecule has 1 N–H and O–H groups in total. The molecule has 2 aromatic rings. The molecule has 1 saturated heterocycles. The summed E-state index contributed by atoms with van der Waals surface area (Å²) in [4.78, 5) is 28.9. The molecule has 0 bridgehead atoms. The Labute approximate surface area is 167 Å². The van der Waals surface area contributed by atoms with E-state index >= 15 is 0 Å². The topological polar surface area (TPSA) is 61.9 Å². The van der Waals surface area contributed by atoms with E-state index in [1.54, 1.807) is 30.2 Å². The van der Waals surface area contributed by atoms with Crippen LogP contribution >= 0.6 is 15.9 Å². The van der Waals surface area contributed by atoms with Crippen LogP contribution in [0.25, 0.3) is 0 Å². The van der Waals surface area contributed by atoms with Gasteiger partial charge in [0.25, 0.3) is 5.91 Å². The lowest BCUT2D eigenvalue weighted by Crippen LogP contribution is -2.51. The maximum atomic E-state index is 12.4. The second kappa shape index (κ2) is 8.90. The number of carbonyl (C=O) groups is 2. The molecule has 0 aromatic heterocycles. The molecule has 0 saturated carbocycles. The molecule has 6 nitrogen and oxygen atoms in total. The summed E-state index contributed by atoms with van der Waals surface area (Å²) in [5, 5.41) is 2.70. The second-order valence-electron chi connectivity index (χ2n) is 6.23. The van der Waals surface area contributed by atoms with Gasteiger partial charge in [-0.25, -0.2) is 0 Å². The van der Waals surface area contributed by atoms with Gasteiger partial charge in [-0.2, -0.15) is 0 Å². The maximum Gasteiger partial charge on any atom is 0.252 e. The molecule has 0 radical (unpaired) electrons. The van der Waals surface area contributed by atoms with Crippen LogP contribution in [0.1, 0.15) is 10.4 Å². The van der Waals surface area contributed by atoms with Gasteiger partial charge in [0.1, 0.15) is 5.75 Å². The summed E-state index contributed by atoms with van der Waals surface area (Å²) in [6, 6.07) is 15.3. The molecule has 0 spiro atoms. The zero-order valence-electron chi connectivity index (χ0n) is 15.2. The van der Waals surface area contributed by atoms with Crippen molar-refractivity contribution in [3.8, 4) is 5.75 Å². The number of para-hydroxylation sites is 1. The zero-order chi connectivity index (χ0) is 19.2. The Morgan fingerprint density at radius 2 is 1.78 bits per heavy atom. The molecule has 0 atom stereocenters. The van der Waals surface area contributed by atoms with Crippen LogP contribution in [0.2, 0.25) is 0 Å². The van der Waals surface area contributed by atoms with Crippen molar-refractivity contribution < 1.29 is 14.3 Å². The second-order valence-corrected chi connectivity index (χ2v) is 7.09. The average Bonchev–Trinajstić information content (AvgIpc) is 2.73. The van der Waals surface area contributed by atoms with Gasteiger partial charge in [-0.15, -0.1) is 0 Å². The third kappa shape index (κ3) is 4.80. The minimum Gasteiger partial charge on any atom is -0.497 e. The summed E-state index contributed by atoms with van der Waals surface area (Å²) >= 11 is 3.36. The van der Waals surface area contributed by atoms with Gasteiger partial charge in [0.05, 0.1) is 19.2 Å². The predicted octanol–water partition coefficient (Wildman–Crippen LogP) is 2.54. The van der Waals surface area contributed by atoms with Gasteiger partial charge in [0.2, 0.25) is 5.91 Å². The summed E-state index contributed by atoms with van der Waals surface area (Å²) in [5.74, 6) is 0.207. The van der Waals surface area contributed by atoms with Crippen molar-refractivity contribution in [2.75, 3.05) is 44.7 Å². The molecule has 1 heterocycles. The Bertz CT molecular complexity index is 805. The van der Waals surface area contributed by atoms with Crippen molar-refractivity contribution in [1.29, 1.82) is 0 Å². The summed E-state index contributed by atoms with van der Waals surface area (Å²) in [6.07, 6.45) is 0. The van der Waals surface area contributed by atoms with Crippen LogP contribution in [-0.4, -0.2) is 56.5 Å². The Balaban J connectivity index is 1.51. The van der Waals surface area contributed by atoms with E-state index in [1.807, 2.05) is 18.2 Å². The number of rotatable bonds is 5. The molecule has 1 fully saturated rings. The van der Waals surface area contributed by atoms with Gasteiger partial charge < -0.3 is 19.9 Å². The number of nitrogens with one attached hydrogen (secondary N) is 1. The molecule has 27 heavy (non-hydrogen) atoms. The number of piperazine rings is 1. The van der Waals surface area contributed by atoms with E-state index in [2.05, 4.69) is 38.3 Å². The Hall–Kier alpha value is -2.54. The fraction of sp³-hybridized carbons (Fsp3) is 0.300. The number of hydrogen-bond donors (Lipinski definition) is 1. The first-order valence-corrected chi connectivity index (χ1v) is 9.57. The van der Waals surface area contributed by atoms with Gasteiger partial charge in [0.15, 0.2) is 0 Å². The van der Waals surface area contributed by atoms with E-state index in [0.29, 0.717) is 28.9 Å². The minimum atomic E-state index is -0.308. The van der Waals surface area contributed by atoms with E-state index in [9.17, 15) is 9.59 Å². The van der Waals surface area contributed by atoms with E-state index in [0.717, 1.165) is 13.1 Å². The fourth-order valence-electron chi connectivity index (χ4n) is 3.02. The smallest absolute Gasteiger partial charge is 0.252 e. The minimum absolute atomic E-state index is 0.0200. The molecular formula is C20H22BrN3O3. The Morgan fingerprint density at radius 3 is 2.44 bits per heavy atom. The van der Waals surface area contributed by atoms with Gasteiger partial charge in [-0.1, -0.05) is 18.2 Å². The molecule has 1 aliphatic rings. The van der Waals surface area contributed by atoms with Crippen molar-refractivity contribution in [3.63, 3.8) is 0 Å². The van der Waals surface area contributed by atoms with Crippen LogP contribution in [0.5, 0.6) is 5.75 Å². The van der Waals surface area contributed by atoms with Crippen LogP contribution in [0, 0.1) is 0 Å². The lowest BCUT2D eigenvalue weighted by Gasteiger charge is -2.36. The molecule has 0 aliphatic carbocycles. The highest BCUT2D eigenvalue weighted by molar-refractivity contribution is 9.10. The van der Waals surface area contributed by atoms with Crippen molar-refractivity contribution in [2.24, 2.45) is 0 Å². The first-order chi connectivity index (χ1) is 13.1. The van der Waals surface area contributed by atoms with E-state index in [4.69, 9.17) is 4.74 Å². The fourth-order valence-corrected chi connectivity index (χ4v) is 3.45. The largest absolute Gasteiger partial charge is 0.497 e. The Kier molecular flexibility index (Phi) is 6.34. The standard InChI is InChI=1S/C20H22BrN3O3/c1-27-16-7-8-18(21)17(13-16)20(26)22-14-19(25)24-11-9-23(10-12-24)15-5-3-2-4-6-15/h2-8,13H,9-12,14H2,1H3,(H,22,26). The highest BCUT2D eigenvalue weighted by atomic mass is 79.9. The number of ether oxygens (including phenoxy) is 1. The van der Waals surface area contributed by atoms with Crippen molar-refractivity contribution >= 4 is 33.4 Å². The lowest BCUT2D eigenvalue weighted by atomic mass is 10.2. The number of halogens is 1. The van der Waals surface area contributed by atoms with Gasteiger partial charge in [-0.3, -0.25) is 9.59 Å². The molecule has 142 valence electrons. The summed E-state index contributed by atoms with van der Waals surface area (Å²) in [6.45, 7) is 2.84. The van der Waals surface area contributed by atoms with Crippen LogP contribution in [0.3, 0.4) is 0 Å². The molecule has 2 aromatic carbocycles. The third-order valence-electron chi connectivity index (χ3n) is 4.57. The number of benzene rings is 2. The molecule has 0 unspecified atom stereocenters. The van der Waals surface area contributed by atoms with Crippen LogP contribution in [-0.2, 0) is 4.79 Å². The summed E-state index contributed by atoms with van der Waals surface area (Å²) < 4.78 is 5.80. The van der Waals surface area contributed by atoms with E-state index in [-0.39, 0.29) is 18.4 Å². The average molecular weight is 432 g/mol. The van der Waals surface area contributed by atoms with Crippen LogP contribution in [0.15, 0.2) is 53.0 Å². The van der Waals surface area contributed by atoms with Gasteiger partial charge in [-0.05, 0) is 46.3 Å². The molecule has 2 amide bonds. The highest BCUT2D eigenvalue weighted by Gasteiger charge is 2.22. The zero-order valence-corrected chi connectivity index (χ0v) is 16.7. The normalized spacial score (nSPS) is 14.0. The SMILES string of the molecule is COc1ccc(Br)c(C(=O)NCC(=O)N2CCN(c3ccccc3)CC2)c1. The number of anilines is 1. The maximum absolute atomic E-state index is 12.4. The summed E-state index contributed by atoms with van der Waals surface area (Å²) in [5.41, 5.74) is 1.61. The molecule has 7 heteroatoms. The van der Waals surface area contributed by atoms with Crippen LogP contribution < -0.4 is 15.0 Å². The van der Waals surface area contributed by atoms with Crippen molar-refractivity contribution in [1.82, 2.24) is 10.2 Å². The Morgan fingerprint density at radius 1 is 1.07 bits per heavy atom. The van der Waals surface area contributed by atoms with E-state index in [1.165, 1.54) is 5.69 Å². The number of carbonyl (C=O) groups excluding carboxylic acids is 2. The number of amides is 2. The molecular weight excluding hydrogens is 410 g/mol. The number of nitrogens with zero attached hydrogens (tertiary/aromatic N) is 2. The highest BCUT2D eigenvalue weighted by Crippen LogP contribution is 2.22. The van der Waals surface area contributed by atoms with Gasteiger partial charge in [0, 0.05) is 36.3 Å². The predicted molar refractivity (Wildman–Crippen MR) is 108 cm³/mol. The first-order valence-electron chi connectivity index (χ1n) is 8.78. The molecule has 3 rings (SSSR count). The van der Waals surface area contributed by atoms with Crippen molar-refractivity contribution in [3.05, 3.63) is 58.6 Å². The number of methoxy groups -OCH3 is 1. The third-order valence-corrected chi connectivity index (χ3v) is 5.26. The number of hydrogen-bond acceptors (Lipinski definition) is 4. The summed E-state index contributed by atoms with van der Waals surface area (Å²) in [7, 11) is 1.55. The monoisotopic (exact) mass is 431 g/mol. The van der Waals surface area contributed by atoms with E-state index < -0.39 is 0 Å². The lowest BCUT2D eigenvalue weighted by molar-refractivity contribution is -0.130. The molecule has 1 aliphatic heterocycles. The first kappa shape index (κ1) is 19.2.